The maximum Gasteiger partial charge on any atom is 0.138 e. The first kappa shape index (κ1) is 13.7. The van der Waals surface area contributed by atoms with E-state index in [9.17, 15) is 0 Å². The minimum atomic E-state index is -0.596. The van der Waals surface area contributed by atoms with Crippen LogP contribution in [-0.2, 0) is 8.37 Å². The summed E-state index contributed by atoms with van der Waals surface area (Å²) in [5, 5.41) is 0. The number of terminal acetylenes is 2. The Morgan fingerprint density at radius 2 is 1.14 bits per heavy atom. The third-order valence-electron chi connectivity index (χ3n) is 1.21. The Bertz CT molecular complexity index is 230. The molecule has 0 fully saturated rings. The minimum Gasteiger partial charge on any atom is -0.284 e. The van der Waals surface area contributed by atoms with E-state index in [1.165, 1.54) is 0 Å². The normalized spacial score (nSPS) is 11.9. The van der Waals surface area contributed by atoms with Gasteiger partial charge in [-0.15, -0.1) is 12.8 Å². The third kappa shape index (κ3) is 6.23. The summed E-state index contributed by atoms with van der Waals surface area (Å²) in [5.74, 6) is 5.00. The van der Waals surface area contributed by atoms with Gasteiger partial charge in [0.1, 0.15) is 11.2 Å². The lowest BCUT2D eigenvalue weighted by Gasteiger charge is -2.19. The van der Waals surface area contributed by atoms with Crippen LogP contribution < -0.4 is 0 Å². The first-order chi connectivity index (χ1) is 6.33. The minimum absolute atomic E-state index is 0.596. The van der Waals surface area contributed by atoms with Gasteiger partial charge < -0.3 is 0 Å². The van der Waals surface area contributed by atoms with Gasteiger partial charge in [0.15, 0.2) is 0 Å². The summed E-state index contributed by atoms with van der Waals surface area (Å²) in [6.07, 6.45) is 10.5. The van der Waals surface area contributed by atoms with Crippen LogP contribution in [-0.4, -0.2) is 11.2 Å². The fraction of sp³-hybridized carbons (Fsp3) is 0.600. The van der Waals surface area contributed by atoms with Crippen molar-refractivity contribution in [1.29, 1.82) is 0 Å². The Morgan fingerprint density at radius 3 is 1.36 bits per heavy atom. The summed E-state index contributed by atoms with van der Waals surface area (Å²) < 4.78 is 10.5. The molecule has 0 unspecified atom stereocenters. The molecule has 0 aromatic rings. The summed E-state index contributed by atoms with van der Waals surface area (Å²) in [7, 11) is 0. The van der Waals surface area contributed by atoms with Crippen molar-refractivity contribution < 1.29 is 8.37 Å². The molecule has 0 bridgehead atoms. The molecule has 0 aromatic heterocycles. The number of hydrogen-bond acceptors (Lipinski definition) is 4. The summed E-state index contributed by atoms with van der Waals surface area (Å²) in [6, 6.07) is 0. The van der Waals surface area contributed by atoms with Gasteiger partial charge in [0.2, 0.25) is 0 Å². The molecule has 0 spiro atoms. The first-order valence-electron chi connectivity index (χ1n) is 3.99. The summed E-state index contributed by atoms with van der Waals surface area (Å²) in [5.41, 5.74) is -1.19. The molecule has 0 aliphatic rings. The van der Waals surface area contributed by atoms with Crippen molar-refractivity contribution in [2.75, 3.05) is 0 Å². The van der Waals surface area contributed by atoms with Gasteiger partial charge in [0.25, 0.3) is 0 Å². The van der Waals surface area contributed by atoms with Crippen molar-refractivity contribution in [3.05, 3.63) is 0 Å². The zero-order chi connectivity index (χ0) is 11.2. The van der Waals surface area contributed by atoms with Crippen LogP contribution in [0.3, 0.4) is 0 Å². The molecular weight excluding hydrogens is 216 g/mol. The van der Waals surface area contributed by atoms with Gasteiger partial charge in [0, 0.05) is 0 Å². The molecule has 4 heteroatoms. The molecule has 0 aromatic carbocycles. The van der Waals surface area contributed by atoms with E-state index in [2.05, 4.69) is 11.8 Å². The van der Waals surface area contributed by atoms with Crippen LogP contribution in [0, 0.1) is 24.7 Å². The van der Waals surface area contributed by atoms with Crippen molar-refractivity contribution in [2.24, 2.45) is 0 Å². The van der Waals surface area contributed by atoms with Crippen LogP contribution in [0.25, 0.3) is 0 Å². The van der Waals surface area contributed by atoms with Crippen LogP contribution >= 0.6 is 22.1 Å². The molecule has 0 heterocycles. The Kier molecular flexibility index (Phi) is 5.48. The molecule has 0 atom stereocenters. The van der Waals surface area contributed by atoms with Crippen LogP contribution in [0.15, 0.2) is 0 Å². The Balaban J connectivity index is 3.70. The highest BCUT2D eigenvalue weighted by atomic mass is 33.1. The monoisotopic (exact) mass is 230 g/mol. The van der Waals surface area contributed by atoms with Crippen molar-refractivity contribution in [1.82, 2.24) is 0 Å². The van der Waals surface area contributed by atoms with Crippen molar-refractivity contribution in [2.45, 2.75) is 38.9 Å². The zero-order valence-corrected chi connectivity index (χ0v) is 10.4. The maximum atomic E-state index is 5.27. The van der Waals surface area contributed by atoms with E-state index in [1.807, 2.05) is 0 Å². The van der Waals surface area contributed by atoms with E-state index in [0.717, 1.165) is 22.1 Å². The van der Waals surface area contributed by atoms with E-state index in [-0.39, 0.29) is 0 Å². The molecule has 0 rings (SSSR count). The zero-order valence-electron chi connectivity index (χ0n) is 8.79. The molecule has 0 N–H and O–H groups in total. The van der Waals surface area contributed by atoms with Crippen molar-refractivity contribution in [3.63, 3.8) is 0 Å². The standard InChI is InChI=1S/C10H14O2S2/c1-7-9(3,4)11-13-14-12-10(5,6)8-2/h1-2H,3-6H3. The average Bonchev–Trinajstić information content (AvgIpc) is 2.13. The molecular formula is C10H14O2S2. The van der Waals surface area contributed by atoms with Gasteiger partial charge in [-0.25, -0.2) is 0 Å². The lowest BCUT2D eigenvalue weighted by Crippen LogP contribution is -2.19. The Morgan fingerprint density at radius 1 is 0.857 bits per heavy atom. The van der Waals surface area contributed by atoms with E-state index >= 15 is 0 Å². The van der Waals surface area contributed by atoms with Gasteiger partial charge in [-0.05, 0) is 27.7 Å². The van der Waals surface area contributed by atoms with Crippen LogP contribution in [0.2, 0.25) is 0 Å². The van der Waals surface area contributed by atoms with E-state index in [0.29, 0.717) is 0 Å². The summed E-state index contributed by atoms with van der Waals surface area (Å²) in [4.78, 5) is 0. The largest absolute Gasteiger partial charge is 0.284 e. The van der Waals surface area contributed by atoms with Crippen LogP contribution in [0.5, 0.6) is 0 Å². The lowest BCUT2D eigenvalue weighted by molar-refractivity contribution is 0.204. The average molecular weight is 230 g/mol. The number of hydrogen-bond donors (Lipinski definition) is 0. The van der Waals surface area contributed by atoms with Gasteiger partial charge >= 0.3 is 0 Å². The molecule has 2 nitrogen and oxygen atoms in total. The summed E-state index contributed by atoms with van der Waals surface area (Å²) >= 11 is 2.17. The molecule has 14 heavy (non-hydrogen) atoms. The first-order valence-corrected chi connectivity index (χ1v) is 5.99. The second kappa shape index (κ2) is 5.58. The van der Waals surface area contributed by atoms with Gasteiger partial charge in [-0.3, -0.25) is 8.37 Å². The van der Waals surface area contributed by atoms with E-state index in [1.54, 1.807) is 27.7 Å². The van der Waals surface area contributed by atoms with Gasteiger partial charge in [-0.1, -0.05) is 11.8 Å². The topological polar surface area (TPSA) is 18.5 Å². The fourth-order valence-corrected chi connectivity index (χ4v) is 1.93. The van der Waals surface area contributed by atoms with E-state index in [4.69, 9.17) is 21.2 Å². The predicted octanol–water partition coefficient (Wildman–Crippen LogP) is 3.05. The highest BCUT2D eigenvalue weighted by molar-refractivity contribution is 8.73. The van der Waals surface area contributed by atoms with E-state index < -0.39 is 11.2 Å². The highest BCUT2D eigenvalue weighted by Gasteiger charge is 2.18. The molecule has 0 aliphatic heterocycles. The van der Waals surface area contributed by atoms with Crippen LogP contribution in [0.4, 0.5) is 0 Å². The molecule has 0 saturated heterocycles. The van der Waals surface area contributed by atoms with Crippen molar-refractivity contribution in [3.8, 4) is 24.7 Å². The molecule has 0 radical (unpaired) electrons. The predicted molar refractivity (Wildman–Crippen MR) is 63.2 cm³/mol. The lowest BCUT2D eigenvalue weighted by atomic mass is 10.2. The Hall–Kier alpha value is -0.260. The third-order valence-corrected chi connectivity index (χ3v) is 2.81. The second-order valence-electron chi connectivity index (χ2n) is 3.61. The maximum absolute atomic E-state index is 5.27. The smallest absolute Gasteiger partial charge is 0.138 e. The summed E-state index contributed by atoms with van der Waals surface area (Å²) in [6.45, 7) is 7.19. The highest BCUT2D eigenvalue weighted by Crippen LogP contribution is 2.32. The van der Waals surface area contributed by atoms with Gasteiger partial charge in [-0.2, -0.15) is 0 Å². The quantitative estimate of drug-likeness (QED) is 0.312. The SMILES string of the molecule is C#CC(C)(C)OSSOC(C)(C)C#C. The molecule has 0 saturated carbocycles. The van der Waals surface area contributed by atoms with Crippen molar-refractivity contribution >= 4 is 22.1 Å². The molecule has 0 amide bonds. The van der Waals surface area contributed by atoms with Gasteiger partial charge in [0.05, 0.1) is 22.1 Å². The number of rotatable bonds is 5. The second-order valence-corrected chi connectivity index (χ2v) is 5.03. The molecule has 0 aliphatic carbocycles. The fourth-order valence-electron chi connectivity index (χ4n) is 0.246. The van der Waals surface area contributed by atoms with Crippen LogP contribution in [0.1, 0.15) is 27.7 Å². The molecule has 78 valence electrons. The Labute approximate surface area is 94.3 Å².